The van der Waals surface area contributed by atoms with Crippen molar-refractivity contribution in [1.29, 1.82) is 0 Å². The fraction of sp³-hybridized carbons (Fsp3) is 0.286. The number of benzene rings is 1. The topological polar surface area (TPSA) is 72.9 Å². The van der Waals surface area contributed by atoms with Crippen LogP contribution in [0.25, 0.3) is 0 Å². The number of nitrogens with two attached hydrogens (primary N) is 1. The smallest absolute Gasteiger partial charge is 0.241 e. The molecule has 0 radical (unpaired) electrons. The van der Waals surface area contributed by atoms with Crippen LogP contribution in [0.1, 0.15) is 17.4 Å². The minimum atomic E-state index is -0.623. The SMILES string of the molecule is Cn1ccnc1CCNC(=O)[C@H](N)c1ccccc1. The molecule has 1 aromatic heterocycles. The van der Waals surface area contributed by atoms with Gasteiger partial charge >= 0.3 is 0 Å². The van der Waals surface area contributed by atoms with Crippen LogP contribution in [-0.2, 0) is 18.3 Å². The Bertz CT molecular complexity index is 535. The first-order chi connectivity index (χ1) is 9.18. The number of rotatable bonds is 5. The molecule has 100 valence electrons. The number of carbonyl (C=O) groups is 1. The molecule has 0 saturated heterocycles. The van der Waals surface area contributed by atoms with E-state index in [1.165, 1.54) is 0 Å². The predicted octanol–water partition coefficient (Wildman–Crippen LogP) is 0.779. The standard InChI is InChI=1S/C14H18N4O/c1-18-10-9-16-12(18)7-8-17-14(19)13(15)11-5-3-2-4-6-11/h2-6,9-10,13H,7-8,15H2,1H3,(H,17,19)/t13-/m1/s1. The van der Waals surface area contributed by atoms with E-state index in [9.17, 15) is 4.79 Å². The van der Waals surface area contributed by atoms with Gasteiger partial charge in [0.1, 0.15) is 11.9 Å². The zero-order chi connectivity index (χ0) is 13.7. The van der Waals surface area contributed by atoms with Gasteiger partial charge in [0.25, 0.3) is 0 Å². The van der Waals surface area contributed by atoms with Gasteiger partial charge in [-0.15, -0.1) is 0 Å². The van der Waals surface area contributed by atoms with Crippen molar-refractivity contribution in [2.24, 2.45) is 12.8 Å². The van der Waals surface area contributed by atoms with Crippen molar-refractivity contribution < 1.29 is 4.79 Å². The number of nitrogens with one attached hydrogen (secondary N) is 1. The van der Waals surface area contributed by atoms with Gasteiger partial charge in [0.2, 0.25) is 5.91 Å². The lowest BCUT2D eigenvalue weighted by atomic mass is 10.1. The second-order valence-electron chi connectivity index (χ2n) is 4.38. The van der Waals surface area contributed by atoms with E-state index in [2.05, 4.69) is 10.3 Å². The number of hydrogen-bond acceptors (Lipinski definition) is 3. The van der Waals surface area contributed by atoms with Gasteiger partial charge in [0.05, 0.1) is 0 Å². The Morgan fingerprint density at radius 3 is 2.79 bits per heavy atom. The van der Waals surface area contributed by atoms with E-state index < -0.39 is 6.04 Å². The van der Waals surface area contributed by atoms with Crippen LogP contribution >= 0.6 is 0 Å². The lowest BCUT2D eigenvalue weighted by molar-refractivity contribution is -0.122. The van der Waals surface area contributed by atoms with Crippen LogP contribution in [0.15, 0.2) is 42.7 Å². The number of hydrogen-bond donors (Lipinski definition) is 2. The van der Waals surface area contributed by atoms with Crippen LogP contribution in [0.5, 0.6) is 0 Å². The molecule has 1 amide bonds. The predicted molar refractivity (Wildman–Crippen MR) is 73.3 cm³/mol. The molecule has 0 aliphatic carbocycles. The van der Waals surface area contributed by atoms with Crippen LogP contribution in [0.2, 0.25) is 0 Å². The Kier molecular flexibility index (Phi) is 4.30. The molecule has 19 heavy (non-hydrogen) atoms. The second-order valence-corrected chi connectivity index (χ2v) is 4.38. The highest BCUT2D eigenvalue weighted by molar-refractivity contribution is 5.82. The van der Waals surface area contributed by atoms with Crippen LogP contribution in [-0.4, -0.2) is 22.0 Å². The number of aromatic nitrogens is 2. The first-order valence-electron chi connectivity index (χ1n) is 6.23. The molecule has 1 atom stereocenters. The van der Waals surface area contributed by atoms with Crippen molar-refractivity contribution in [1.82, 2.24) is 14.9 Å². The highest BCUT2D eigenvalue weighted by atomic mass is 16.2. The number of carbonyl (C=O) groups excluding carboxylic acids is 1. The molecule has 0 aliphatic rings. The number of amides is 1. The number of nitrogens with zero attached hydrogens (tertiary/aromatic N) is 2. The van der Waals surface area contributed by atoms with Crippen molar-refractivity contribution in [2.45, 2.75) is 12.5 Å². The second kappa shape index (κ2) is 6.15. The van der Waals surface area contributed by atoms with Crippen molar-refractivity contribution in [2.75, 3.05) is 6.54 Å². The largest absolute Gasteiger partial charge is 0.354 e. The van der Waals surface area contributed by atoms with Gasteiger partial charge < -0.3 is 15.6 Å². The van der Waals surface area contributed by atoms with E-state index in [-0.39, 0.29) is 5.91 Å². The fourth-order valence-electron chi connectivity index (χ4n) is 1.86. The van der Waals surface area contributed by atoms with E-state index in [0.717, 1.165) is 11.4 Å². The average molecular weight is 258 g/mol. The summed E-state index contributed by atoms with van der Waals surface area (Å²) in [7, 11) is 1.93. The zero-order valence-electron chi connectivity index (χ0n) is 10.9. The molecule has 1 aromatic carbocycles. The van der Waals surface area contributed by atoms with Gasteiger partial charge in [-0.1, -0.05) is 30.3 Å². The summed E-state index contributed by atoms with van der Waals surface area (Å²) < 4.78 is 1.93. The summed E-state index contributed by atoms with van der Waals surface area (Å²) in [5, 5.41) is 2.83. The molecule has 0 saturated carbocycles. The van der Waals surface area contributed by atoms with Gasteiger partial charge in [-0.25, -0.2) is 4.98 Å². The third-order valence-corrected chi connectivity index (χ3v) is 3.01. The molecule has 0 fully saturated rings. The summed E-state index contributed by atoms with van der Waals surface area (Å²) >= 11 is 0. The monoisotopic (exact) mass is 258 g/mol. The lowest BCUT2D eigenvalue weighted by Crippen LogP contribution is -2.35. The molecule has 5 nitrogen and oxygen atoms in total. The molecule has 1 heterocycles. The minimum absolute atomic E-state index is 0.166. The minimum Gasteiger partial charge on any atom is -0.354 e. The molecule has 0 spiro atoms. The van der Waals surface area contributed by atoms with Crippen LogP contribution in [0, 0.1) is 0 Å². The van der Waals surface area contributed by atoms with Crippen LogP contribution in [0.4, 0.5) is 0 Å². The van der Waals surface area contributed by atoms with Gasteiger partial charge in [-0.05, 0) is 5.56 Å². The fourth-order valence-corrected chi connectivity index (χ4v) is 1.86. The molecule has 3 N–H and O–H groups in total. The van der Waals surface area contributed by atoms with Gasteiger partial charge in [0.15, 0.2) is 0 Å². The van der Waals surface area contributed by atoms with E-state index in [0.29, 0.717) is 13.0 Å². The number of aryl methyl sites for hydroxylation is 1. The third-order valence-electron chi connectivity index (χ3n) is 3.01. The maximum absolute atomic E-state index is 11.9. The van der Waals surface area contributed by atoms with Crippen LogP contribution in [0.3, 0.4) is 0 Å². The molecule has 0 unspecified atom stereocenters. The molecular weight excluding hydrogens is 240 g/mol. The Morgan fingerprint density at radius 1 is 1.42 bits per heavy atom. The molecule has 0 bridgehead atoms. The van der Waals surface area contributed by atoms with E-state index in [1.54, 1.807) is 6.20 Å². The first kappa shape index (κ1) is 13.3. The molecular formula is C14H18N4O. The summed E-state index contributed by atoms with van der Waals surface area (Å²) in [5.41, 5.74) is 6.71. The van der Waals surface area contributed by atoms with Crippen LogP contribution < -0.4 is 11.1 Å². The summed E-state index contributed by atoms with van der Waals surface area (Å²) in [6, 6.07) is 8.72. The van der Waals surface area contributed by atoms with E-state index in [4.69, 9.17) is 5.73 Å². The summed E-state index contributed by atoms with van der Waals surface area (Å²) in [5.74, 6) is 0.772. The average Bonchev–Trinajstić information content (AvgIpc) is 2.84. The first-order valence-corrected chi connectivity index (χ1v) is 6.23. The van der Waals surface area contributed by atoms with Gasteiger partial charge in [-0.2, -0.15) is 0 Å². The van der Waals surface area contributed by atoms with Gasteiger partial charge in [-0.3, -0.25) is 4.79 Å². The normalized spacial score (nSPS) is 12.1. The Hall–Kier alpha value is -2.14. The summed E-state index contributed by atoms with van der Waals surface area (Å²) in [6.45, 7) is 0.532. The maximum atomic E-state index is 11.9. The molecule has 5 heteroatoms. The van der Waals surface area contributed by atoms with Crippen molar-refractivity contribution in [3.63, 3.8) is 0 Å². The molecule has 2 rings (SSSR count). The van der Waals surface area contributed by atoms with Crippen molar-refractivity contribution >= 4 is 5.91 Å². The molecule has 2 aromatic rings. The lowest BCUT2D eigenvalue weighted by Gasteiger charge is -2.12. The van der Waals surface area contributed by atoms with E-state index in [1.807, 2.05) is 48.1 Å². The van der Waals surface area contributed by atoms with Crippen molar-refractivity contribution in [3.05, 3.63) is 54.1 Å². The quantitative estimate of drug-likeness (QED) is 0.832. The van der Waals surface area contributed by atoms with Gasteiger partial charge in [0, 0.05) is 32.4 Å². The highest BCUT2D eigenvalue weighted by Gasteiger charge is 2.14. The van der Waals surface area contributed by atoms with E-state index >= 15 is 0 Å². The third kappa shape index (κ3) is 3.42. The zero-order valence-corrected chi connectivity index (χ0v) is 10.9. The maximum Gasteiger partial charge on any atom is 0.241 e. The van der Waals surface area contributed by atoms with Crippen molar-refractivity contribution in [3.8, 4) is 0 Å². The summed E-state index contributed by atoms with van der Waals surface area (Å²) in [4.78, 5) is 16.1. The molecule has 0 aliphatic heterocycles. The number of imidazole rings is 1. The Labute approximate surface area is 112 Å². The Balaban J connectivity index is 1.83. The Morgan fingerprint density at radius 2 is 2.16 bits per heavy atom. The summed E-state index contributed by atoms with van der Waals surface area (Å²) in [6.07, 6.45) is 4.32. The highest BCUT2D eigenvalue weighted by Crippen LogP contribution is 2.09.